The SMILES string of the molecule is O=C1NCCN1c1ccc(O)cc1F. The van der Waals surface area contributed by atoms with E-state index in [1.165, 1.54) is 17.0 Å². The number of amides is 2. The van der Waals surface area contributed by atoms with Gasteiger partial charge in [0.15, 0.2) is 5.82 Å². The minimum atomic E-state index is -0.595. The lowest BCUT2D eigenvalue weighted by Gasteiger charge is -2.14. The number of aromatic hydroxyl groups is 1. The third-order valence-electron chi connectivity index (χ3n) is 2.08. The maximum absolute atomic E-state index is 13.3. The Balaban J connectivity index is 2.36. The number of benzene rings is 1. The van der Waals surface area contributed by atoms with Gasteiger partial charge >= 0.3 is 6.03 Å². The fourth-order valence-electron chi connectivity index (χ4n) is 1.42. The molecule has 0 radical (unpaired) electrons. The number of rotatable bonds is 1. The topological polar surface area (TPSA) is 52.6 Å². The van der Waals surface area contributed by atoms with Crippen LogP contribution in [-0.2, 0) is 0 Å². The number of phenols is 1. The van der Waals surface area contributed by atoms with Crippen LogP contribution in [0.5, 0.6) is 5.75 Å². The number of carbonyl (C=O) groups excluding carboxylic acids is 1. The third kappa shape index (κ3) is 1.37. The van der Waals surface area contributed by atoms with Crippen LogP contribution in [0.4, 0.5) is 14.9 Å². The quantitative estimate of drug-likeness (QED) is 0.705. The molecule has 4 nitrogen and oxygen atoms in total. The molecule has 0 aromatic heterocycles. The van der Waals surface area contributed by atoms with Gasteiger partial charge < -0.3 is 10.4 Å². The molecule has 1 aromatic carbocycles. The average Bonchev–Trinajstić information content (AvgIpc) is 2.52. The molecule has 2 rings (SSSR count). The first-order valence-corrected chi connectivity index (χ1v) is 4.22. The van der Waals surface area contributed by atoms with Crippen molar-refractivity contribution in [1.29, 1.82) is 0 Å². The zero-order valence-electron chi connectivity index (χ0n) is 7.33. The highest BCUT2D eigenvalue weighted by molar-refractivity contribution is 5.94. The summed E-state index contributed by atoms with van der Waals surface area (Å²) < 4.78 is 13.3. The number of urea groups is 1. The molecule has 1 heterocycles. The molecule has 1 aromatic rings. The Kier molecular flexibility index (Phi) is 1.99. The lowest BCUT2D eigenvalue weighted by atomic mass is 10.2. The van der Waals surface area contributed by atoms with Gasteiger partial charge in [0, 0.05) is 19.2 Å². The number of nitrogens with zero attached hydrogens (tertiary/aromatic N) is 1. The maximum Gasteiger partial charge on any atom is 0.322 e. The van der Waals surface area contributed by atoms with Gasteiger partial charge in [0.2, 0.25) is 0 Å². The molecule has 0 unspecified atom stereocenters. The molecule has 14 heavy (non-hydrogen) atoms. The van der Waals surface area contributed by atoms with Gasteiger partial charge in [-0.25, -0.2) is 9.18 Å². The van der Waals surface area contributed by atoms with E-state index in [-0.39, 0.29) is 17.5 Å². The van der Waals surface area contributed by atoms with Crippen molar-refractivity contribution >= 4 is 11.7 Å². The minimum absolute atomic E-state index is 0.147. The number of phenolic OH excluding ortho intramolecular Hbond substituents is 1. The Hall–Kier alpha value is -1.78. The highest BCUT2D eigenvalue weighted by Gasteiger charge is 2.23. The van der Waals surface area contributed by atoms with Crippen LogP contribution < -0.4 is 10.2 Å². The Morgan fingerprint density at radius 3 is 2.86 bits per heavy atom. The van der Waals surface area contributed by atoms with Crippen LogP contribution >= 0.6 is 0 Å². The highest BCUT2D eigenvalue weighted by Crippen LogP contribution is 2.24. The summed E-state index contributed by atoms with van der Waals surface area (Å²) >= 11 is 0. The first kappa shape index (κ1) is 8.80. The Bertz CT molecular complexity index is 381. The molecule has 2 N–H and O–H groups in total. The van der Waals surface area contributed by atoms with Crippen molar-refractivity contribution in [3.63, 3.8) is 0 Å². The van der Waals surface area contributed by atoms with Crippen LogP contribution in [0, 0.1) is 5.82 Å². The smallest absolute Gasteiger partial charge is 0.322 e. The van der Waals surface area contributed by atoms with Crippen LogP contribution in [0.3, 0.4) is 0 Å². The van der Waals surface area contributed by atoms with E-state index in [4.69, 9.17) is 5.11 Å². The van der Waals surface area contributed by atoms with Gasteiger partial charge in [-0.1, -0.05) is 0 Å². The molecule has 1 fully saturated rings. The van der Waals surface area contributed by atoms with E-state index in [2.05, 4.69) is 5.32 Å². The van der Waals surface area contributed by atoms with Crippen LogP contribution in [-0.4, -0.2) is 24.2 Å². The van der Waals surface area contributed by atoms with Crippen molar-refractivity contribution in [3.05, 3.63) is 24.0 Å². The molecule has 0 saturated carbocycles. The van der Waals surface area contributed by atoms with E-state index >= 15 is 0 Å². The molecule has 1 aliphatic rings. The molecule has 2 amide bonds. The predicted molar refractivity (Wildman–Crippen MR) is 48.8 cm³/mol. The summed E-state index contributed by atoms with van der Waals surface area (Å²) in [6.45, 7) is 0.958. The molecule has 0 atom stereocenters. The van der Waals surface area contributed by atoms with E-state index in [0.29, 0.717) is 13.1 Å². The van der Waals surface area contributed by atoms with Gasteiger partial charge in [0.1, 0.15) is 5.75 Å². The minimum Gasteiger partial charge on any atom is -0.508 e. The van der Waals surface area contributed by atoms with Gasteiger partial charge in [0.05, 0.1) is 5.69 Å². The van der Waals surface area contributed by atoms with E-state index in [0.717, 1.165) is 6.07 Å². The Labute approximate surface area is 80.0 Å². The molecule has 0 aliphatic carbocycles. The number of nitrogens with one attached hydrogen (secondary N) is 1. The largest absolute Gasteiger partial charge is 0.508 e. The lowest BCUT2D eigenvalue weighted by Crippen LogP contribution is -2.28. The van der Waals surface area contributed by atoms with E-state index in [9.17, 15) is 9.18 Å². The number of anilines is 1. The van der Waals surface area contributed by atoms with E-state index < -0.39 is 5.82 Å². The fourth-order valence-corrected chi connectivity index (χ4v) is 1.42. The van der Waals surface area contributed by atoms with Crippen LogP contribution in [0.25, 0.3) is 0 Å². The van der Waals surface area contributed by atoms with Crippen LogP contribution in [0.1, 0.15) is 0 Å². The average molecular weight is 196 g/mol. The molecule has 0 bridgehead atoms. The van der Waals surface area contributed by atoms with Crippen molar-refractivity contribution in [1.82, 2.24) is 5.32 Å². The van der Waals surface area contributed by atoms with Crippen molar-refractivity contribution in [2.45, 2.75) is 0 Å². The molecule has 74 valence electrons. The van der Waals surface area contributed by atoms with Gasteiger partial charge in [-0.05, 0) is 12.1 Å². The van der Waals surface area contributed by atoms with Gasteiger partial charge in [-0.3, -0.25) is 4.90 Å². The standard InChI is InChI=1S/C9H9FN2O2/c10-7-5-6(13)1-2-8(7)12-4-3-11-9(12)14/h1-2,5,13H,3-4H2,(H,11,14). The monoisotopic (exact) mass is 196 g/mol. The first-order chi connectivity index (χ1) is 6.68. The third-order valence-corrected chi connectivity index (χ3v) is 2.08. The summed E-state index contributed by atoms with van der Waals surface area (Å²) in [4.78, 5) is 12.5. The molecular weight excluding hydrogens is 187 g/mol. The van der Waals surface area contributed by atoms with Crippen molar-refractivity contribution in [2.75, 3.05) is 18.0 Å². The second kappa shape index (κ2) is 3.17. The van der Waals surface area contributed by atoms with Gasteiger partial charge in [-0.2, -0.15) is 0 Å². The summed E-state index contributed by atoms with van der Waals surface area (Å²) in [6.07, 6.45) is 0. The summed E-state index contributed by atoms with van der Waals surface area (Å²) in [6, 6.07) is 3.41. The number of hydrogen-bond donors (Lipinski definition) is 2. The van der Waals surface area contributed by atoms with Crippen LogP contribution in [0.15, 0.2) is 18.2 Å². The maximum atomic E-state index is 13.3. The molecule has 5 heteroatoms. The predicted octanol–water partition coefficient (Wildman–Crippen LogP) is 1.06. The van der Waals surface area contributed by atoms with Crippen molar-refractivity contribution < 1.29 is 14.3 Å². The normalized spacial score (nSPS) is 15.8. The van der Waals surface area contributed by atoms with E-state index in [1.54, 1.807) is 0 Å². The second-order valence-electron chi connectivity index (χ2n) is 3.02. The summed E-state index contributed by atoms with van der Waals surface area (Å²) in [7, 11) is 0. The van der Waals surface area contributed by atoms with Crippen molar-refractivity contribution in [3.8, 4) is 5.75 Å². The fraction of sp³-hybridized carbons (Fsp3) is 0.222. The van der Waals surface area contributed by atoms with E-state index in [1.807, 2.05) is 0 Å². The number of halogens is 1. The van der Waals surface area contributed by atoms with Gasteiger partial charge in [0.25, 0.3) is 0 Å². The molecule has 1 aliphatic heterocycles. The summed E-state index contributed by atoms with van der Waals surface area (Å²) in [5.41, 5.74) is 0.192. The summed E-state index contributed by atoms with van der Waals surface area (Å²) in [5.74, 6) is -0.743. The zero-order valence-corrected chi connectivity index (χ0v) is 7.33. The second-order valence-corrected chi connectivity index (χ2v) is 3.02. The molecular formula is C9H9FN2O2. The number of hydrogen-bond acceptors (Lipinski definition) is 2. The lowest BCUT2D eigenvalue weighted by molar-refractivity contribution is 0.252. The highest BCUT2D eigenvalue weighted by atomic mass is 19.1. The first-order valence-electron chi connectivity index (χ1n) is 4.22. The summed E-state index contributed by atoms with van der Waals surface area (Å²) in [5, 5.41) is 11.6. The van der Waals surface area contributed by atoms with Gasteiger partial charge in [-0.15, -0.1) is 0 Å². The number of carbonyl (C=O) groups is 1. The Morgan fingerprint density at radius 1 is 1.50 bits per heavy atom. The molecule has 1 saturated heterocycles. The van der Waals surface area contributed by atoms with Crippen LogP contribution in [0.2, 0.25) is 0 Å². The Morgan fingerprint density at radius 2 is 2.29 bits per heavy atom. The molecule has 0 spiro atoms. The van der Waals surface area contributed by atoms with Crippen molar-refractivity contribution in [2.24, 2.45) is 0 Å². The zero-order chi connectivity index (χ0) is 10.1.